The molecule has 0 radical (unpaired) electrons. The van der Waals surface area contributed by atoms with Crippen LogP contribution in [0.4, 0.5) is 0 Å². The summed E-state index contributed by atoms with van der Waals surface area (Å²) in [6.45, 7) is 11.7. The monoisotopic (exact) mass is 262 g/mol. The van der Waals surface area contributed by atoms with Crippen molar-refractivity contribution in [2.24, 2.45) is 0 Å². The molecule has 1 fully saturated rings. The minimum atomic E-state index is 0.359. The number of benzene rings is 1. The molecule has 106 valence electrons. The van der Waals surface area contributed by atoms with Gasteiger partial charge in [0.2, 0.25) is 0 Å². The van der Waals surface area contributed by atoms with Gasteiger partial charge in [-0.25, -0.2) is 0 Å². The average Bonchev–Trinajstić information content (AvgIpc) is 2.46. The summed E-state index contributed by atoms with van der Waals surface area (Å²) < 4.78 is 5.90. The summed E-state index contributed by atoms with van der Waals surface area (Å²) in [5.41, 5.74) is 1.39. The molecule has 0 aliphatic carbocycles. The summed E-state index contributed by atoms with van der Waals surface area (Å²) in [7, 11) is 0. The highest BCUT2D eigenvalue weighted by atomic mass is 16.5. The van der Waals surface area contributed by atoms with E-state index in [1.165, 1.54) is 5.56 Å². The smallest absolute Gasteiger partial charge is 0.0829 e. The highest BCUT2D eigenvalue weighted by Gasteiger charge is 2.21. The van der Waals surface area contributed by atoms with Crippen LogP contribution in [0.15, 0.2) is 30.3 Å². The van der Waals surface area contributed by atoms with Crippen LogP contribution in [0.3, 0.4) is 0 Å². The Morgan fingerprint density at radius 1 is 1.21 bits per heavy atom. The van der Waals surface area contributed by atoms with Gasteiger partial charge in [-0.3, -0.25) is 4.90 Å². The molecule has 1 atom stereocenters. The van der Waals surface area contributed by atoms with E-state index >= 15 is 0 Å². The Balaban J connectivity index is 1.83. The van der Waals surface area contributed by atoms with Gasteiger partial charge < -0.3 is 9.64 Å². The van der Waals surface area contributed by atoms with Gasteiger partial charge >= 0.3 is 0 Å². The lowest BCUT2D eigenvalue weighted by Crippen LogP contribution is -2.47. The molecule has 19 heavy (non-hydrogen) atoms. The largest absolute Gasteiger partial charge is 0.374 e. The lowest BCUT2D eigenvalue weighted by molar-refractivity contribution is -0.0448. The fourth-order valence-electron chi connectivity index (χ4n) is 2.65. The molecule has 3 heteroatoms. The molecular weight excluding hydrogens is 236 g/mol. The molecule has 2 rings (SSSR count). The van der Waals surface area contributed by atoms with Gasteiger partial charge in [0, 0.05) is 26.2 Å². The predicted molar refractivity (Wildman–Crippen MR) is 79.2 cm³/mol. The summed E-state index contributed by atoms with van der Waals surface area (Å²) in [6, 6.07) is 10.7. The molecule has 1 aromatic rings. The van der Waals surface area contributed by atoms with E-state index in [1.807, 2.05) is 0 Å². The van der Waals surface area contributed by atoms with Gasteiger partial charge in [-0.2, -0.15) is 0 Å². The molecule has 1 saturated heterocycles. The SMILES string of the molecule is CCN(CC)C[C@H]1CN(Cc2ccccc2)CCO1. The molecule has 1 heterocycles. The maximum Gasteiger partial charge on any atom is 0.0829 e. The van der Waals surface area contributed by atoms with Crippen molar-refractivity contribution in [3.05, 3.63) is 35.9 Å². The van der Waals surface area contributed by atoms with E-state index in [0.29, 0.717) is 6.10 Å². The summed E-state index contributed by atoms with van der Waals surface area (Å²) in [6.07, 6.45) is 0.359. The van der Waals surface area contributed by atoms with Gasteiger partial charge in [0.05, 0.1) is 12.7 Å². The summed E-state index contributed by atoms with van der Waals surface area (Å²) in [5, 5.41) is 0. The van der Waals surface area contributed by atoms with Gasteiger partial charge in [-0.15, -0.1) is 0 Å². The van der Waals surface area contributed by atoms with Crippen LogP contribution in [-0.4, -0.2) is 55.2 Å². The van der Waals surface area contributed by atoms with Crippen LogP contribution >= 0.6 is 0 Å². The Bertz CT molecular complexity index is 351. The quantitative estimate of drug-likeness (QED) is 0.782. The topological polar surface area (TPSA) is 15.7 Å². The van der Waals surface area contributed by atoms with Crippen LogP contribution in [-0.2, 0) is 11.3 Å². The number of hydrogen-bond donors (Lipinski definition) is 0. The lowest BCUT2D eigenvalue weighted by atomic mass is 10.2. The molecule has 1 aromatic carbocycles. The predicted octanol–water partition coefficient (Wildman–Crippen LogP) is 2.23. The minimum absolute atomic E-state index is 0.359. The van der Waals surface area contributed by atoms with E-state index in [4.69, 9.17) is 4.74 Å². The highest BCUT2D eigenvalue weighted by molar-refractivity contribution is 5.14. The Kier molecular flexibility index (Phi) is 5.83. The third-order valence-corrected chi connectivity index (χ3v) is 3.83. The van der Waals surface area contributed by atoms with E-state index in [0.717, 1.165) is 45.9 Å². The molecular formula is C16H26N2O. The van der Waals surface area contributed by atoms with Gasteiger partial charge in [0.15, 0.2) is 0 Å². The van der Waals surface area contributed by atoms with Crippen molar-refractivity contribution in [3.63, 3.8) is 0 Å². The molecule has 0 saturated carbocycles. The number of hydrogen-bond acceptors (Lipinski definition) is 3. The Morgan fingerprint density at radius 3 is 2.63 bits per heavy atom. The molecule has 1 aliphatic heterocycles. The fraction of sp³-hybridized carbons (Fsp3) is 0.625. The second-order valence-corrected chi connectivity index (χ2v) is 5.20. The van der Waals surface area contributed by atoms with Gasteiger partial charge in [-0.05, 0) is 18.7 Å². The normalized spacial score (nSPS) is 20.9. The van der Waals surface area contributed by atoms with Crippen molar-refractivity contribution in [2.75, 3.05) is 39.3 Å². The molecule has 0 bridgehead atoms. The van der Waals surface area contributed by atoms with Crippen LogP contribution in [0.1, 0.15) is 19.4 Å². The maximum atomic E-state index is 5.90. The zero-order chi connectivity index (χ0) is 13.5. The van der Waals surface area contributed by atoms with E-state index in [1.54, 1.807) is 0 Å². The number of morpholine rings is 1. The van der Waals surface area contributed by atoms with Crippen molar-refractivity contribution in [3.8, 4) is 0 Å². The Labute approximate surface area is 117 Å². The molecule has 0 amide bonds. The van der Waals surface area contributed by atoms with Gasteiger partial charge in [0.25, 0.3) is 0 Å². The van der Waals surface area contributed by atoms with Crippen LogP contribution in [0.5, 0.6) is 0 Å². The van der Waals surface area contributed by atoms with E-state index < -0.39 is 0 Å². The Morgan fingerprint density at radius 2 is 1.95 bits per heavy atom. The first-order valence-corrected chi connectivity index (χ1v) is 7.42. The van der Waals surface area contributed by atoms with Gasteiger partial charge in [0.1, 0.15) is 0 Å². The first-order chi connectivity index (χ1) is 9.31. The lowest BCUT2D eigenvalue weighted by Gasteiger charge is -2.35. The van der Waals surface area contributed by atoms with Crippen molar-refractivity contribution < 1.29 is 4.74 Å². The van der Waals surface area contributed by atoms with Crippen LogP contribution in [0.25, 0.3) is 0 Å². The van der Waals surface area contributed by atoms with Crippen molar-refractivity contribution >= 4 is 0 Å². The average molecular weight is 262 g/mol. The minimum Gasteiger partial charge on any atom is -0.374 e. The number of likely N-dealkylation sites (N-methyl/N-ethyl adjacent to an activating group) is 1. The molecule has 1 aliphatic rings. The number of nitrogens with zero attached hydrogens (tertiary/aromatic N) is 2. The van der Waals surface area contributed by atoms with Crippen molar-refractivity contribution in [2.45, 2.75) is 26.5 Å². The van der Waals surface area contributed by atoms with Crippen LogP contribution < -0.4 is 0 Å². The number of rotatable bonds is 6. The first-order valence-electron chi connectivity index (χ1n) is 7.42. The van der Waals surface area contributed by atoms with Crippen LogP contribution in [0, 0.1) is 0 Å². The molecule has 0 unspecified atom stereocenters. The summed E-state index contributed by atoms with van der Waals surface area (Å²) in [5.74, 6) is 0. The standard InChI is InChI=1S/C16H26N2O/c1-3-17(4-2)13-16-14-18(10-11-19-16)12-15-8-6-5-7-9-15/h5-9,16H,3-4,10-14H2,1-2H3/t16-/m0/s1. The molecule has 0 aromatic heterocycles. The fourth-order valence-corrected chi connectivity index (χ4v) is 2.65. The third kappa shape index (κ3) is 4.60. The Hall–Kier alpha value is -0.900. The maximum absolute atomic E-state index is 5.90. The molecule has 0 spiro atoms. The van der Waals surface area contributed by atoms with E-state index in [-0.39, 0.29) is 0 Å². The zero-order valence-electron chi connectivity index (χ0n) is 12.2. The second-order valence-electron chi connectivity index (χ2n) is 5.20. The number of ether oxygens (including phenoxy) is 1. The van der Waals surface area contributed by atoms with Crippen molar-refractivity contribution in [1.82, 2.24) is 9.80 Å². The second kappa shape index (κ2) is 7.63. The summed E-state index contributed by atoms with van der Waals surface area (Å²) in [4.78, 5) is 4.95. The molecule has 3 nitrogen and oxygen atoms in total. The van der Waals surface area contributed by atoms with Crippen LogP contribution in [0.2, 0.25) is 0 Å². The zero-order valence-corrected chi connectivity index (χ0v) is 12.2. The molecule has 0 N–H and O–H groups in total. The highest BCUT2D eigenvalue weighted by Crippen LogP contribution is 2.11. The van der Waals surface area contributed by atoms with E-state index in [9.17, 15) is 0 Å². The summed E-state index contributed by atoms with van der Waals surface area (Å²) >= 11 is 0. The van der Waals surface area contributed by atoms with Gasteiger partial charge in [-0.1, -0.05) is 44.2 Å². The first kappa shape index (κ1) is 14.5. The third-order valence-electron chi connectivity index (χ3n) is 3.83. The van der Waals surface area contributed by atoms with Crippen molar-refractivity contribution in [1.29, 1.82) is 0 Å². The van der Waals surface area contributed by atoms with E-state index in [2.05, 4.69) is 54.0 Å².